The van der Waals surface area contributed by atoms with Crippen LogP contribution in [0.3, 0.4) is 0 Å². The van der Waals surface area contributed by atoms with Crippen molar-refractivity contribution in [1.29, 1.82) is 0 Å². The molecular formula is C6H13NOS. The van der Waals surface area contributed by atoms with E-state index in [4.69, 9.17) is 5.73 Å². The van der Waals surface area contributed by atoms with Crippen molar-refractivity contribution in [1.82, 2.24) is 0 Å². The zero-order chi connectivity index (χ0) is 7.11. The Bertz CT molecular complexity index is 85.1. The highest BCUT2D eigenvalue weighted by atomic mass is 32.2. The van der Waals surface area contributed by atoms with Gasteiger partial charge in [0.05, 0.1) is 0 Å². The van der Waals surface area contributed by atoms with Crippen LogP contribution in [-0.2, 0) is 4.79 Å². The number of hydrogen-bond donors (Lipinski definition) is 1. The molecular weight excluding hydrogens is 134 g/mol. The second-order valence-corrected chi connectivity index (χ2v) is 2.90. The molecule has 2 N–H and O–H groups in total. The average Bonchev–Trinajstić information content (AvgIpc) is 1.80. The van der Waals surface area contributed by atoms with Crippen molar-refractivity contribution < 1.29 is 4.79 Å². The number of nitrogens with two attached hydrogens (primary N) is 1. The maximum absolute atomic E-state index is 10.2. The average molecular weight is 147 g/mol. The van der Waals surface area contributed by atoms with Crippen molar-refractivity contribution in [3.8, 4) is 0 Å². The Labute approximate surface area is 60.2 Å². The van der Waals surface area contributed by atoms with Gasteiger partial charge in [0.15, 0.2) is 0 Å². The number of primary amides is 1. The number of unbranched alkanes of at least 4 members (excludes halogenated alkanes) is 1. The molecule has 0 aliphatic heterocycles. The summed E-state index contributed by atoms with van der Waals surface area (Å²) >= 11 is 1.80. The van der Waals surface area contributed by atoms with Crippen molar-refractivity contribution in [2.24, 2.45) is 5.73 Å². The van der Waals surface area contributed by atoms with E-state index in [2.05, 4.69) is 6.26 Å². The smallest absolute Gasteiger partial charge is 0.217 e. The normalized spacial score (nSPS) is 9.44. The molecule has 0 fully saturated rings. The minimum absolute atomic E-state index is 0.184. The SMILES string of the molecule is CSCCCCC(N)=O. The van der Waals surface area contributed by atoms with Gasteiger partial charge >= 0.3 is 0 Å². The second kappa shape index (κ2) is 5.95. The van der Waals surface area contributed by atoms with Gasteiger partial charge in [-0.2, -0.15) is 11.8 Å². The molecule has 0 aliphatic rings. The Balaban J connectivity index is 2.83. The van der Waals surface area contributed by atoms with Crippen LogP contribution < -0.4 is 5.73 Å². The molecule has 0 aromatic carbocycles. The van der Waals surface area contributed by atoms with Crippen LogP contribution in [0, 0.1) is 0 Å². The first-order valence-corrected chi connectivity index (χ1v) is 4.44. The van der Waals surface area contributed by atoms with Crippen LogP contribution in [0.15, 0.2) is 0 Å². The van der Waals surface area contributed by atoms with Crippen molar-refractivity contribution in [2.45, 2.75) is 19.3 Å². The third-order valence-corrected chi connectivity index (χ3v) is 1.72. The third-order valence-electron chi connectivity index (χ3n) is 1.02. The Hall–Kier alpha value is -0.180. The molecule has 2 nitrogen and oxygen atoms in total. The lowest BCUT2D eigenvalue weighted by atomic mass is 10.2. The van der Waals surface area contributed by atoms with Crippen LogP contribution in [0.5, 0.6) is 0 Å². The molecule has 1 amide bonds. The predicted molar refractivity (Wildman–Crippen MR) is 41.4 cm³/mol. The van der Waals surface area contributed by atoms with E-state index >= 15 is 0 Å². The molecule has 0 aromatic rings. The van der Waals surface area contributed by atoms with Crippen LogP contribution in [0.2, 0.25) is 0 Å². The molecule has 54 valence electrons. The molecule has 0 rings (SSSR count). The molecule has 0 saturated heterocycles. The van der Waals surface area contributed by atoms with Crippen LogP contribution >= 0.6 is 11.8 Å². The topological polar surface area (TPSA) is 43.1 Å². The maximum atomic E-state index is 10.2. The molecule has 0 radical (unpaired) electrons. The summed E-state index contributed by atoms with van der Waals surface area (Å²) < 4.78 is 0. The molecule has 3 heteroatoms. The van der Waals surface area contributed by atoms with E-state index in [-0.39, 0.29) is 5.91 Å². The van der Waals surface area contributed by atoms with E-state index in [1.807, 2.05) is 0 Å². The molecule has 0 heterocycles. The summed E-state index contributed by atoms with van der Waals surface area (Å²) in [5.74, 6) is 0.948. The fourth-order valence-electron chi connectivity index (χ4n) is 0.546. The summed E-state index contributed by atoms with van der Waals surface area (Å²) in [6.07, 6.45) is 4.64. The molecule has 0 atom stereocenters. The van der Waals surface area contributed by atoms with Crippen molar-refractivity contribution in [3.63, 3.8) is 0 Å². The van der Waals surface area contributed by atoms with Gasteiger partial charge in [-0.05, 0) is 24.9 Å². The largest absolute Gasteiger partial charge is 0.370 e. The van der Waals surface area contributed by atoms with Gasteiger partial charge in [0.25, 0.3) is 0 Å². The van der Waals surface area contributed by atoms with E-state index < -0.39 is 0 Å². The lowest BCUT2D eigenvalue weighted by Gasteiger charge is -1.93. The standard InChI is InChI=1S/C6H13NOS/c1-9-5-3-2-4-6(7)8/h2-5H2,1H3,(H2,7,8). The van der Waals surface area contributed by atoms with Crippen LogP contribution in [0.1, 0.15) is 19.3 Å². The third kappa shape index (κ3) is 7.82. The van der Waals surface area contributed by atoms with Gasteiger partial charge in [-0.25, -0.2) is 0 Å². The number of rotatable bonds is 5. The maximum Gasteiger partial charge on any atom is 0.217 e. The molecule has 9 heavy (non-hydrogen) atoms. The van der Waals surface area contributed by atoms with Crippen LogP contribution in [-0.4, -0.2) is 17.9 Å². The fraction of sp³-hybridized carbons (Fsp3) is 0.833. The fourth-order valence-corrected chi connectivity index (χ4v) is 1.04. The van der Waals surface area contributed by atoms with Gasteiger partial charge < -0.3 is 5.73 Å². The van der Waals surface area contributed by atoms with E-state index in [1.165, 1.54) is 0 Å². The monoisotopic (exact) mass is 147 g/mol. The molecule has 0 spiro atoms. The molecule has 0 bridgehead atoms. The van der Waals surface area contributed by atoms with Crippen LogP contribution in [0.4, 0.5) is 0 Å². The summed E-state index contributed by atoms with van der Waals surface area (Å²) in [6, 6.07) is 0. The summed E-state index contributed by atoms with van der Waals surface area (Å²) in [5.41, 5.74) is 4.93. The van der Waals surface area contributed by atoms with E-state index in [0.717, 1.165) is 18.6 Å². The van der Waals surface area contributed by atoms with Gasteiger partial charge in [-0.1, -0.05) is 0 Å². The number of carbonyl (C=O) groups is 1. The number of thioether (sulfide) groups is 1. The highest BCUT2D eigenvalue weighted by molar-refractivity contribution is 7.98. The molecule has 0 aromatic heterocycles. The quantitative estimate of drug-likeness (QED) is 0.590. The first kappa shape index (κ1) is 8.82. The number of amides is 1. The summed E-state index contributed by atoms with van der Waals surface area (Å²) in [4.78, 5) is 10.2. The Morgan fingerprint density at radius 2 is 2.22 bits per heavy atom. The van der Waals surface area contributed by atoms with Crippen molar-refractivity contribution in [2.75, 3.05) is 12.0 Å². The van der Waals surface area contributed by atoms with E-state index in [0.29, 0.717) is 6.42 Å². The highest BCUT2D eigenvalue weighted by Crippen LogP contribution is 2.00. The summed E-state index contributed by atoms with van der Waals surface area (Å²) in [7, 11) is 0. The predicted octanol–water partition coefficient (Wildman–Crippen LogP) is 1.00. The minimum Gasteiger partial charge on any atom is -0.370 e. The molecule has 0 aliphatic carbocycles. The molecule has 0 unspecified atom stereocenters. The highest BCUT2D eigenvalue weighted by Gasteiger charge is 1.91. The van der Waals surface area contributed by atoms with Gasteiger partial charge in [0, 0.05) is 6.42 Å². The summed E-state index contributed by atoms with van der Waals surface area (Å²) in [6.45, 7) is 0. The number of carbonyl (C=O) groups excluding carboxylic acids is 1. The summed E-state index contributed by atoms with van der Waals surface area (Å²) in [5, 5.41) is 0. The Morgan fingerprint density at radius 3 is 2.67 bits per heavy atom. The van der Waals surface area contributed by atoms with Gasteiger partial charge in [0.1, 0.15) is 0 Å². The zero-order valence-electron chi connectivity index (χ0n) is 5.72. The van der Waals surface area contributed by atoms with E-state index in [1.54, 1.807) is 11.8 Å². The van der Waals surface area contributed by atoms with Crippen LogP contribution in [0.25, 0.3) is 0 Å². The molecule has 0 saturated carbocycles. The first-order chi connectivity index (χ1) is 4.27. The number of hydrogen-bond acceptors (Lipinski definition) is 2. The minimum atomic E-state index is -0.184. The Kier molecular flexibility index (Phi) is 5.83. The Morgan fingerprint density at radius 1 is 1.56 bits per heavy atom. The lowest BCUT2D eigenvalue weighted by molar-refractivity contribution is -0.118. The van der Waals surface area contributed by atoms with Gasteiger partial charge in [0.2, 0.25) is 5.91 Å². The lowest BCUT2D eigenvalue weighted by Crippen LogP contribution is -2.09. The first-order valence-electron chi connectivity index (χ1n) is 3.04. The van der Waals surface area contributed by atoms with E-state index in [9.17, 15) is 4.79 Å². The van der Waals surface area contributed by atoms with Gasteiger partial charge in [-0.3, -0.25) is 4.79 Å². The van der Waals surface area contributed by atoms with Crippen molar-refractivity contribution >= 4 is 17.7 Å². The van der Waals surface area contributed by atoms with Crippen molar-refractivity contribution in [3.05, 3.63) is 0 Å². The van der Waals surface area contributed by atoms with Gasteiger partial charge in [-0.15, -0.1) is 0 Å². The zero-order valence-corrected chi connectivity index (χ0v) is 6.54. The second-order valence-electron chi connectivity index (χ2n) is 1.92.